The first kappa shape index (κ1) is 23.4. The highest BCUT2D eigenvalue weighted by Gasteiger charge is 2.50. The number of anilines is 1. The zero-order valence-corrected chi connectivity index (χ0v) is 20.8. The molecule has 2 aliphatic heterocycles. The third-order valence-corrected chi connectivity index (χ3v) is 7.59. The quantitative estimate of drug-likeness (QED) is 0.575. The number of fused-ring (bicyclic) bond motifs is 2. The Hall–Kier alpha value is -2.28. The van der Waals surface area contributed by atoms with Gasteiger partial charge in [-0.25, -0.2) is 9.59 Å². The number of hydrogen-bond donors (Lipinski definition) is 0. The molecule has 1 spiro atoms. The number of ether oxygens (including phenoxy) is 2. The lowest BCUT2D eigenvalue weighted by molar-refractivity contribution is 0.0285. The number of carbonyl (C=O) groups is 2. The Morgan fingerprint density at radius 3 is 2.52 bits per heavy atom. The monoisotopic (exact) mass is 444 g/mol. The average Bonchev–Trinajstić information content (AvgIpc) is 3.22. The highest BCUT2D eigenvalue weighted by molar-refractivity contribution is 6.76. The highest BCUT2D eigenvalue weighted by Crippen LogP contribution is 2.47. The van der Waals surface area contributed by atoms with Crippen molar-refractivity contribution in [2.45, 2.75) is 63.9 Å². The summed E-state index contributed by atoms with van der Waals surface area (Å²) >= 11 is 0. The Morgan fingerprint density at radius 2 is 1.90 bits per heavy atom. The maximum absolute atomic E-state index is 13.0. The number of benzene rings is 1. The van der Waals surface area contributed by atoms with Gasteiger partial charge < -0.3 is 14.4 Å². The standard InChI is InChI=1S/C24H36N2O4Si/c1-8-18-9-10-20-19(15-18)24(11-12-25(16-24)21(27)30-23(2,3)4)17-26(20)22(28)29-13-14-31(5,6)7/h8-10,15H,1,11-14,16-17H2,2-7H3. The van der Waals surface area contributed by atoms with E-state index in [1.165, 1.54) is 0 Å². The van der Waals surface area contributed by atoms with Crippen LogP contribution in [0, 0.1) is 0 Å². The van der Waals surface area contributed by atoms with Gasteiger partial charge in [-0.1, -0.05) is 38.4 Å². The van der Waals surface area contributed by atoms with Gasteiger partial charge in [-0.3, -0.25) is 4.90 Å². The van der Waals surface area contributed by atoms with Gasteiger partial charge in [-0.15, -0.1) is 0 Å². The zero-order chi connectivity index (χ0) is 23.0. The van der Waals surface area contributed by atoms with E-state index in [1.54, 1.807) is 9.80 Å². The molecule has 0 aliphatic carbocycles. The van der Waals surface area contributed by atoms with Gasteiger partial charge in [0.15, 0.2) is 0 Å². The second-order valence-electron chi connectivity index (χ2n) is 10.9. The number of rotatable bonds is 4. The van der Waals surface area contributed by atoms with Crippen molar-refractivity contribution in [3.63, 3.8) is 0 Å². The predicted octanol–water partition coefficient (Wildman–Crippen LogP) is 5.50. The molecular formula is C24H36N2O4Si. The number of carbonyl (C=O) groups excluding carboxylic acids is 2. The fraction of sp³-hybridized carbons (Fsp3) is 0.583. The molecule has 1 unspecified atom stereocenters. The number of likely N-dealkylation sites (tertiary alicyclic amines) is 1. The third kappa shape index (κ3) is 5.32. The third-order valence-electron chi connectivity index (χ3n) is 5.88. The fourth-order valence-corrected chi connectivity index (χ4v) is 4.92. The van der Waals surface area contributed by atoms with E-state index in [0.29, 0.717) is 26.2 Å². The molecule has 3 rings (SSSR count). The van der Waals surface area contributed by atoms with Gasteiger partial charge in [0.2, 0.25) is 0 Å². The summed E-state index contributed by atoms with van der Waals surface area (Å²) in [6.45, 7) is 18.4. The van der Waals surface area contributed by atoms with Gasteiger partial charge in [-0.05, 0) is 56.5 Å². The van der Waals surface area contributed by atoms with Crippen LogP contribution in [0.25, 0.3) is 6.08 Å². The Morgan fingerprint density at radius 1 is 1.19 bits per heavy atom. The molecule has 1 aromatic carbocycles. The molecule has 0 aromatic heterocycles. The summed E-state index contributed by atoms with van der Waals surface area (Å²) in [6.07, 6.45) is 1.97. The lowest BCUT2D eigenvalue weighted by Crippen LogP contribution is -2.41. The molecule has 170 valence electrons. The molecule has 0 saturated carbocycles. The van der Waals surface area contributed by atoms with Gasteiger partial charge in [-0.2, -0.15) is 0 Å². The summed E-state index contributed by atoms with van der Waals surface area (Å²) < 4.78 is 11.2. The van der Waals surface area contributed by atoms with E-state index in [1.807, 2.05) is 39.0 Å². The SMILES string of the molecule is C=Cc1ccc2c(c1)C1(CCN(C(=O)OC(C)(C)C)C1)CN2C(=O)OCC[Si](C)(C)C. The molecule has 1 atom stereocenters. The highest BCUT2D eigenvalue weighted by atomic mass is 28.3. The number of nitrogens with zero attached hydrogens (tertiary/aromatic N) is 2. The summed E-state index contributed by atoms with van der Waals surface area (Å²) in [4.78, 5) is 29.2. The zero-order valence-electron chi connectivity index (χ0n) is 19.8. The van der Waals surface area contributed by atoms with E-state index >= 15 is 0 Å². The lowest BCUT2D eigenvalue weighted by atomic mass is 9.81. The lowest BCUT2D eigenvalue weighted by Gasteiger charge is -2.27. The Kier molecular flexibility index (Phi) is 6.29. The predicted molar refractivity (Wildman–Crippen MR) is 127 cm³/mol. The number of hydrogen-bond acceptors (Lipinski definition) is 4. The van der Waals surface area contributed by atoms with Gasteiger partial charge in [0.05, 0.1) is 12.3 Å². The van der Waals surface area contributed by atoms with E-state index in [0.717, 1.165) is 29.3 Å². The van der Waals surface area contributed by atoms with Crippen molar-refractivity contribution < 1.29 is 19.1 Å². The molecule has 0 bridgehead atoms. The van der Waals surface area contributed by atoms with Crippen LogP contribution < -0.4 is 4.90 Å². The molecule has 2 aliphatic rings. The molecule has 2 heterocycles. The van der Waals surface area contributed by atoms with E-state index in [4.69, 9.17) is 9.47 Å². The first-order valence-corrected chi connectivity index (χ1v) is 14.7. The van der Waals surface area contributed by atoms with Crippen LogP contribution in [0.1, 0.15) is 38.3 Å². The van der Waals surface area contributed by atoms with Crippen molar-refractivity contribution >= 4 is 32.0 Å². The summed E-state index contributed by atoms with van der Waals surface area (Å²) in [6, 6.07) is 6.97. The summed E-state index contributed by atoms with van der Waals surface area (Å²) in [5.41, 5.74) is 2.10. The molecule has 1 saturated heterocycles. The molecule has 0 N–H and O–H groups in total. The van der Waals surface area contributed by atoms with Crippen LogP contribution in [0.2, 0.25) is 25.7 Å². The minimum atomic E-state index is -1.29. The molecule has 6 nitrogen and oxygen atoms in total. The molecule has 2 amide bonds. The van der Waals surface area contributed by atoms with Gasteiger partial charge in [0.25, 0.3) is 0 Å². The average molecular weight is 445 g/mol. The smallest absolute Gasteiger partial charge is 0.414 e. The molecule has 31 heavy (non-hydrogen) atoms. The van der Waals surface area contributed by atoms with E-state index in [-0.39, 0.29) is 17.6 Å². The van der Waals surface area contributed by atoms with E-state index < -0.39 is 13.7 Å². The summed E-state index contributed by atoms with van der Waals surface area (Å²) in [5, 5.41) is 0. The van der Waals surface area contributed by atoms with Crippen molar-refractivity contribution in [3.8, 4) is 0 Å². The molecule has 0 radical (unpaired) electrons. The number of amides is 2. The molecule has 1 fully saturated rings. The largest absolute Gasteiger partial charge is 0.449 e. The van der Waals surface area contributed by atoms with Crippen molar-refractivity contribution in [2.75, 3.05) is 31.1 Å². The van der Waals surface area contributed by atoms with E-state index in [9.17, 15) is 9.59 Å². The minimum Gasteiger partial charge on any atom is -0.449 e. The van der Waals surface area contributed by atoms with Crippen LogP contribution in [0.3, 0.4) is 0 Å². The second kappa shape index (κ2) is 8.34. The summed E-state index contributed by atoms with van der Waals surface area (Å²) in [7, 11) is -1.29. The second-order valence-corrected chi connectivity index (χ2v) is 16.5. The Labute approximate surface area is 187 Å². The van der Waals surface area contributed by atoms with Crippen LogP contribution in [-0.2, 0) is 14.9 Å². The van der Waals surface area contributed by atoms with Crippen LogP contribution in [-0.4, -0.2) is 57.0 Å². The maximum Gasteiger partial charge on any atom is 0.414 e. The van der Waals surface area contributed by atoms with Gasteiger partial charge >= 0.3 is 12.2 Å². The minimum absolute atomic E-state index is 0.304. The van der Waals surface area contributed by atoms with Crippen molar-refractivity contribution in [1.82, 2.24) is 4.90 Å². The van der Waals surface area contributed by atoms with Crippen molar-refractivity contribution in [2.24, 2.45) is 0 Å². The maximum atomic E-state index is 13.0. The Bertz CT molecular complexity index is 871. The summed E-state index contributed by atoms with van der Waals surface area (Å²) in [5.74, 6) is 0. The van der Waals surface area contributed by atoms with Crippen LogP contribution in [0.5, 0.6) is 0 Å². The first-order valence-electron chi connectivity index (χ1n) is 11.0. The first-order chi connectivity index (χ1) is 14.3. The van der Waals surface area contributed by atoms with Crippen LogP contribution in [0.15, 0.2) is 24.8 Å². The molecule has 7 heteroatoms. The van der Waals surface area contributed by atoms with Gasteiger partial charge in [0, 0.05) is 33.1 Å². The van der Waals surface area contributed by atoms with Crippen LogP contribution in [0.4, 0.5) is 15.3 Å². The van der Waals surface area contributed by atoms with E-state index in [2.05, 4.69) is 32.3 Å². The Balaban J connectivity index is 1.82. The fourth-order valence-electron chi connectivity index (χ4n) is 4.20. The van der Waals surface area contributed by atoms with Crippen LogP contribution >= 0.6 is 0 Å². The molecular weight excluding hydrogens is 408 g/mol. The normalized spacial score (nSPS) is 20.7. The van der Waals surface area contributed by atoms with Gasteiger partial charge in [0.1, 0.15) is 5.60 Å². The van der Waals surface area contributed by atoms with Crippen molar-refractivity contribution in [3.05, 3.63) is 35.9 Å². The molecule has 1 aromatic rings. The topological polar surface area (TPSA) is 59.1 Å². The van der Waals surface area contributed by atoms with Crippen molar-refractivity contribution in [1.29, 1.82) is 0 Å².